The Labute approximate surface area is 107 Å². The third-order valence-electron chi connectivity index (χ3n) is 2.15. The maximum absolute atomic E-state index is 12.3. The van der Waals surface area contributed by atoms with Gasteiger partial charge in [0.1, 0.15) is 0 Å². The molecule has 0 N–H and O–H groups in total. The van der Waals surface area contributed by atoms with Crippen LogP contribution in [0.2, 0.25) is 0 Å². The summed E-state index contributed by atoms with van der Waals surface area (Å²) in [7, 11) is 0.917. The SMILES string of the molecule is COC(=O)c1ccc(C(=O)C(C(F)(F)F)C(F)(F)F)o1. The summed E-state index contributed by atoms with van der Waals surface area (Å²) >= 11 is 0. The predicted octanol–water partition coefficient (Wildman–Crippen LogP) is 2.99. The highest BCUT2D eigenvalue weighted by Gasteiger charge is 2.61. The maximum Gasteiger partial charge on any atom is 0.407 e. The number of ketones is 1. The van der Waals surface area contributed by atoms with Crippen molar-refractivity contribution in [2.75, 3.05) is 7.11 Å². The monoisotopic (exact) mass is 304 g/mol. The molecule has 1 aromatic heterocycles. The van der Waals surface area contributed by atoms with Gasteiger partial charge >= 0.3 is 18.3 Å². The quantitative estimate of drug-likeness (QED) is 0.489. The van der Waals surface area contributed by atoms with Gasteiger partial charge in [-0.1, -0.05) is 0 Å². The fourth-order valence-corrected chi connectivity index (χ4v) is 1.31. The number of carbonyl (C=O) groups excluding carboxylic acids is 2. The van der Waals surface area contributed by atoms with Gasteiger partial charge in [-0.15, -0.1) is 0 Å². The van der Waals surface area contributed by atoms with Crippen LogP contribution in [0.1, 0.15) is 21.1 Å². The number of alkyl halides is 6. The third kappa shape index (κ3) is 3.31. The molecule has 0 aliphatic rings. The summed E-state index contributed by atoms with van der Waals surface area (Å²) in [5.74, 6) is -9.60. The summed E-state index contributed by atoms with van der Waals surface area (Å²) in [6.07, 6.45) is -11.7. The van der Waals surface area contributed by atoms with Crippen molar-refractivity contribution in [1.29, 1.82) is 0 Å². The van der Waals surface area contributed by atoms with Crippen LogP contribution in [-0.4, -0.2) is 31.2 Å². The fourth-order valence-electron chi connectivity index (χ4n) is 1.31. The van der Waals surface area contributed by atoms with Gasteiger partial charge in [0.05, 0.1) is 7.11 Å². The molecule has 10 heteroatoms. The minimum absolute atomic E-state index is 0.541. The molecule has 0 saturated carbocycles. The van der Waals surface area contributed by atoms with E-state index in [1.165, 1.54) is 0 Å². The molecule has 1 aromatic rings. The second kappa shape index (κ2) is 5.17. The molecule has 0 amide bonds. The van der Waals surface area contributed by atoms with Crippen molar-refractivity contribution >= 4 is 11.8 Å². The number of esters is 1. The van der Waals surface area contributed by atoms with Gasteiger partial charge in [-0.05, 0) is 12.1 Å². The number of furan rings is 1. The van der Waals surface area contributed by atoms with E-state index in [1.807, 2.05) is 0 Å². The Morgan fingerprint density at radius 1 is 1.05 bits per heavy atom. The zero-order chi connectivity index (χ0) is 15.7. The van der Waals surface area contributed by atoms with Crippen molar-refractivity contribution in [1.82, 2.24) is 0 Å². The van der Waals surface area contributed by atoms with Crippen LogP contribution in [0.4, 0.5) is 26.3 Å². The number of rotatable bonds is 3. The number of methoxy groups -OCH3 is 1. The van der Waals surface area contributed by atoms with Crippen molar-refractivity contribution in [3.63, 3.8) is 0 Å². The zero-order valence-electron chi connectivity index (χ0n) is 9.63. The molecule has 0 spiro atoms. The first-order valence-corrected chi connectivity index (χ1v) is 4.84. The van der Waals surface area contributed by atoms with E-state index in [-0.39, 0.29) is 0 Å². The van der Waals surface area contributed by atoms with E-state index in [0.717, 1.165) is 13.2 Å². The number of halogens is 6. The minimum Gasteiger partial charge on any atom is -0.463 e. The molecule has 0 fully saturated rings. The third-order valence-corrected chi connectivity index (χ3v) is 2.15. The molecular formula is C10H6F6O4. The second-order valence-electron chi connectivity index (χ2n) is 3.54. The Hall–Kier alpha value is -2.00. The second-order valence-corrected chi connectivity index (χ2v) is 3.54. The molecule has 0 atom stereocenters. The zero-order valence-corrected chi connectivity index (χ0v) is 9.63. The van der Waals surface area contributed by atoms with E-state index >= 15 is 0 Å². The minimum atomic E-state index is -5.83. The van der Waals surface area contributed by atoms with Crippen LogP contribution in [0.15, 0.2) is 16.5 Å². The number of ether oxygens (including phenoxy) is 1. The number of hydrogen-bond acceptors (Lipinski definition) is 4. The van der Waals surface area contributed by atoms with Crippen LogP contribution >= 0.6 is 0 Å². The normalized spacial score (nSPS) is 12.6. The molecule has 0 aliphatic carbocycles. The van der Waals surface area contributed by atoms with Crippen LogP contribution in [0.25, 0.3) is 0 Å². The lowest BCUT2D eigenvalue weighted by molar-refractivity contribution is -0.265. The molecule has 0 aromatic carbocycles. The van der Waals surface area contributed by atoms with Gasteiger partial charge in [0.15, 0.2) is 5.76 Å². The van der Waals surface area contributed by atoms with E-state index < -0.39 is 41.5 Å². The van der Waals surface area contributed by atoms with Gasteiger partial charge in [-0.3, -0.25) is 4.79 Å². The molecule has 0 bridgehead atoms. The van der Waals surface area contributed by atoms with Crippen molar-refractivity contribution in [3.8, 4) is 0 Å². The van der Waals surface area contributed by atoms with Crippen LogP contribution in [-0.2, 0) is 4.74 Å². The molecular weight excluding hydrogens is 298 g/mol. The van der Waals surface area contributed by atoms with E-state index in [0.29, 0.717) is 6.07 Å². The predicted molar refractivity (Wildman–Crippen MR) is 50.0 cm³/mol. The maximum atomic E-state index is 12.3. The Morgan fingerprint density at radius 3 is 1.90 bits per heavy atom. The number of hydrogen-bond donors (Lipinski definition) is 0. The van der Waals surface area contributed by atoms with Gasteiger partial charge in [-0.2, -0.15) is 26.3 Å². The molecule has 4 nitrogen and oxygen atoms in total. The lowest BCUT2D eigenvalue weighted by Crippen LogP contribution is -2.42. The van der Waals surface area contributed by atoms with E-state index in [4.69, 9.17) is 0 Å². The highest BCUT2D eigenvalue weighted by atomic mass is 19.4. The first-order valence-electron chi connectivity index (χ1n) is 4.84. The Kier molecular flexibility index (Phi) is 4.15. The number of Topliss-reactive ketones (excluding diaryl/α,β-unsaturated/α-hetero) is 1. The van der Waals surface area contributed by atoms with E-state index in [1.54, 1.807) is 0 Å². The van der Waals surface area contributed by atoms with Gasteiger partial charge in [0.25, 0.3) is 0 Å². The molecule has 112 valence electrons. The van der Waals surface area contributed by atoms with Crippen molar-refractivity contribution in [3.05, 3.63) is 23.7 Å². The van der Waals surface area contributed by atoms with Crippen LogP contribution in [0, 0.1) is 5.92 Å². The van der Waals surface area contributed by atoms with Gasteiger partial charge in [0, 0.05) is 0 Å². The van der Waals surface area contributed by atoms with Gasteiger partial charge < -0.3 is 9.15 Å². The fraction of sp³-hybridized carbons (Fsp3) is 0.400. The summed E-state index contributed by atoms with van der Waals surface area (Å²) in [4.78, 5) is 22.2. The van der Waals surface area contributed by atoms with Crippen molar-refractivity contribution < 1.29 is 45.1 Å². The first-order chi connectivity index (χ1) is 8.98. The Balaban J connectivity index is 3.14. The number of carbonyl (C=O) groups is 2. The van der Waals surface area contributed by atoms with Gasteiger partial charge in [-0.25, -0.2) is 4.79 Å². The average Bonchev–Trinajstić information content (AvgIpc) is 2.73. The highest BCUT2D eigenvalue weighted by Crippen LogP contribution is 2.41. The molecule has 0 aliphatic heterocycles. The standard InChI is InChI=1S/C10H6F6O4/c1-19-8(18)5-3-2-4(20-5)6(17)7(9(11,12)13)10(14,15)16/h2-3,7H,1H3. The van der Waals surface area contributed by atoms with Gasteiger partial charge in [0.2, 0.25) is 17.5 Å². The average molecular weight is 304 g/mol. The van der Waals surface area contributed by atoms with Crippen molar-refractivity contribution in [2.24, 2.45) is 5.92 Å². The molecule has 1 rings (SSSR count). The summed E-state index contributed by atoms with van der Waals surface area (Å²) in [6, 6.07) is 1.28. The molecule has 0 radical (unpaired) electrons. The van der Waals surface area contributed by atoms with Crippen molar-refractivity contribution in [2.45, 2.75) is 12.4 Å². The smallest absolute Gasteiger partial charge is 0.407 e. The van der Waals surface area contributed by atoms with E-state index in [2.05, 4.69) is 9.15 Å². The van der Waals surface area contributed by atoms with Crippen LogP contribution in [0.5, 0.6) is 0 Å². The Morgan fingerprint density at radius 2 is 1.50 bits per heavy atom. The summed E-state index contributed by atoms with van der Waals surface area (Å²) in [5.41, 5.74) is 0. The largest absolute Gasteiger partial charge is 0.463 e. The first kappa shape index (κ1) is 16.1. The molecule has 20 heavy (non-hydrogen) atoms. The topological polar surface area (TPSA) is 56.5 Å². The lowest BCUT2D eigenvalue weighted by Gasteiger charge is -2.20. The van der Waals surface area contributed by atoms with Crippen LogP contribution in [0.3, 0.4) is 0 Å². The summed E-state index contributed by atoms with van der Waals surface area (Å²) < 4.78 is 82.3. The Bertz CT molecular complexity index is 499. The lowest BCUT2D eigenvalue weighted by atomic mass is 10.0. The molecule has 0 saturated heterocycles. The summed E-state index contributed by atoms with van der Waals surface area (Å²) in [6.45, 7) is 0. The van der Waals surface area contributed by atoms with E-state index in [9.17, 15) is 35.9 Å². The highest BCUT2D eigenvalue weighted by molar-refractivity contribution is 5.97. The molecule has 0 unspecified atom stereocenters. The molecule has 1 heterocycles. The van der Waals surface area contributed by atoms with Crippen LogP contribution < -0.4 is 0 Å². The summed E-state index contributed by atoms with van der Waals surface area (Å²) in [5, 5.41) is 0.